The molecule has 210 valence electrons. The molecule has 1 aliphatic heterocycles. The molecule has 3 aliphatic rings. The predicted molar refractivity (Wildman–Crippen MR) is 137 cm³/mol. The van der Waals surface area contributed by atoms with Gasteiger partial charge in [0, 0.05) is 24.9 Å². The molecule has 0 radical (unpaired) electrons. The van der Waals surface area contributed by atoms with Crippen molar-refractivity contribution < 1.29 is 27.2 Å². The Hall–Kier alpha value is -4.62. The molecule has 2 saturated carbocycles. The number of alkyl halides is 3. The largest absolute Gasteiger partial charge is 0.434 e. The van der Waals surface area contributed by atoms with Gasteiger partial charge in [0.1, 0.15) is 23.1 Å². The Morgan fingerprint density at radius 3 is 2.46 bits per heavy atom. The zero-order chi connectivity index (χ0) is 28.7. The maximum atomic E-state index is 13.5. The van der Waals surface area contributed by atoms with Crippen LogP contribution in [0.15, 0.2) is 36.7 Å². The molecule has 1 aromatic carbocycles. The second-order valence-electron chi connectivity index (χ2n) is 10.7. The summed E-state index contributed by atoms with van der Waals surface area (Å²) in [5, 5.41) is 5.62. The molecule has 4 aromatic rings. The number of amides is 2. The van der Waals surface area contributed by atoms with E-state index >= 15 is 0 Å². The highest BCUT2D eigenvalue weighted by molar-refractivity contribution is 6.22. The van der Waals surface area contributed by atoms with Gasteiger partial charge in [-0.15, -0.1) is 0 Å². The second kappa shape index (κ2) is 8.69. The van der Waals surface area contributed by atoms with Crippen molar-refractivity contribution in [2.75, 3.05) is 11.1 Å². The maximum absolute atomic E-state index is 13.5. The molecular weight excluding hydrogens is 544 g/mol. The molecule has 7 rings (SSSR count). The van der Waals surface area contributed by atoms with Crippen LogP contribution in [-0.2, 0) is 27.6 Å². The summed E-state index contributed by atoms with van der Waals surface area (Å²) in [5.41, 5.74) is 4.71. The number of hydrogen-bond acceptors (Lipinski definition) is 7. The van der Waals surface area contributed by atoms with E-state index < -0.39 is 34.9 Å². The number of hydrogen-bond donors (Lipinski definition) is 3. The van der Waals surface area contributed by atoms with Crippen molar-refractivity contribution in [3.8, 4) is 11.5 Å². The lowest BCUT2D eigenvalue weighted by Gasteiger charge is -2.26. The highest BCUT2D eigenvalue weighted by atomic mass is 19.4. The van der Waals surface area contributed by atoms with Gasteiger partial charge in [-0.25, -0.2) is 24.3 Å². The first-order valence-electron chi connectivity index (χ1n) is 13.0. The number of fused-ring (bicyclic) bond motifs is 2. The van der Waals surface area contributed by atoms with Crippen LogP contribution >= 0.6 is 0 Å². The van der Waals surface area contributed by atoms with Crippen LogP contribution in [0.1, 0.15) is 48.2 Å². The summed E-state index contributed by atoms with van der Waals surface area (Å²) in [5.74, 6) is -1.75. The molecule has 1 atom stereocenters. The standard InChI is InChI=1S/C27H22F4N8O2/c28-14-5-1-12(2-6-14)9-16-23-35-18(27(29,30)31)11-39(23)10-17(34-16)21-36-20(32)19-22(37-21)38-25(41)26(19,13-3-4-13)24(40)33-15-7-8-15/h1-2,5-6,10-11,13,15H,3-4,7-9H2,(H,33,40)(H3,32,36,37,38,41). The minimum atomic E-state index is -4.70. The first-order valence-corrected chi connectivity index (χ1v) is 13.0. The van der Waals surface area contributed by atoms with E-state index in [0.29, 0.717) is 18.4 Å². The smallest absolute Gasteiger partial charge is 0.383 e. The first kappa shape index (κ1) is 25.4. The lowest BCUT2D eigenvalue weighted by Crippen LogP contribution is -2.51. The molecule has 0 bridgehead atoms. The Morgan fingerprint density at radius 1 is 1.07 bits per heavy atom. The molecule has 2 aliphatic carbocycles. The highest BCUT2D eigenvalue weighted by Gasteiger charge is 2.63. The van der Waals surface area contributed by atoms with Crippen LogP contribution in [0.5, 0.6) is 0 Å². The Kier molecular flexibility index (Phi) is 5.37. The number of carbonyl (C=O) groups excluding carboxylic acids is 2. The Morgan fingerprint density at radius 2 is 1.80 bits per heavy atom. The summed E-state index contributed by atoms with van der Waals surface area (Å²) in [6.45, 7) is 0. The van der Waals surface area contributed by atoms with Crippen molar-refractivity contribution in [2.45, 2.75) is 49.7 Å². The number of rotatable bonds is 6. The third kappa shape index (κ3) is 4.16. The van der Waals surface area contributed by atoms with E-state index in [1.807, 2.05) is 0 Å². The molecule has 41 heavy (non-hydrogen) atoms. The van der Waals surface area contributed by atoms with Crippen molar-refractivity contribution >= 4 is 29.1 Å². The van der Waals surface area contributed by atoms with Gasteiger partial charge in [-0.2, -0.15) is 13.2 Å². The van der Waals surface area contributed by atoms with Crippen LogP contribution in [0.3, 0.4) is 0 Å². The molecule has 2 amide bonds. The van der Waals surface area contributed by atoms with Gasteiger partial charge in [-0.1, -0.05) is 12.1 Å². The Balaban J connectivity index is 1.35. The second-order valence-corrected chi connectivity index (χ2v) is 10.7. The van der Waals surface area contributed by atoms with Gasteiger partial charge in [0.2, 0.25) is 11.8 Å². The minimum Gasteiger partial charge on any atom is -0.383 e. The van der Waals surface area contributed by atoms with Crippen LogP contribution in [-0.4, -0.2) is 42.2 Å². The third-order valence-electron chi connectivity index (χ3n) is 7.69. The van der Waals surface area contributed by atoms with Gasteiger partial charge in [0.05, 0.1) is 11.3 Å². The molecule has 10 nitrogen and oxygen atoms in total. The fourth-order valence-corrected chi connectivity index (χ4v) is 5.45. The molecule has 2 fully saturated rings. The molecule has 0 saturated heterocycles. The van der Waals surface area contributed by atoms with E-state index in [-0.39, 0.29) is 58.4 Å². The lowest BCUT2D eigenvalue weighted by molar-refractivity contribution is -0.141. The molecule has 1 unspecified atom stereocenters. The normalized spacial score (nSPS) is 20.2. The van der Waals surface area contributed by atoms with Crippen LogP contribution in [0.25, 0.3) is 17.2 Å². The van der Waals surface area contributed by atoms with Crippen LogP contribution in [0, 0.1) is 11.7 Å². The number of anilines is 2. The van der Waals surface area contributed by atoms with Crippen molar-refractivity contribution in [3.05, 3.63) is 65.0 Å². The fourth-order valence-electron chi connectivity index (χ4n) is 5.45. The minimum absolute atomic E-state index is 0.0172. The van der Waals surface area contributed by atoms with Crippen molar-refractivity contribution in [2.24, 2.45) is 5.92 Å². The van der Waals surface area contributed by atoms with E-state index in [4.69, 9.17) is 5.73 Å². The van der Waals surface area contributed by atoms with Gasteiger partial charge in [-0.3, -0.25) is 9.59 Å². The number of imidazole rings is 1. The number of halogens is 4. The number of carbonyl (C=O) groups is 2. The van der Waals surface area contributed by atoms with Gasteiger partial charge < -0.3 is 20.8 Å². The summed E-state index contributed by atoms with van der Waals surface area (Å²) in [7, 11) is 0. The number of nitrogen functional groups attached to an aromatic ring is 1. The van der Waals surface area contributed by atoms with Crippen LogP contribution < -0.4 is 16.4 Å². The number of nitrogens with zero attached hydrogens (tertiary/aromatic N) is 5. The first-order chi connectivity index (χ1) is 19.5. The average Bonchev–Trinajstić information content (AvgIpc) is 3.84. The molecular formula is C27H22F4N8O2. The molecule has 14 heteroatoms. The van der Waals surface area contributed by atoms with Crippen molar-refractivity contribution in [1.82, 2.24) is 29.7 Å². The SMILES string of the molecule is Nc1nc(-c2cn3cc(C(F)(F)F)nc3c(Cc3ccc(F)cc3)n2)nc2c1C(C(=O)NC1CC1)(C1CC1)C(=O)N2. The van der Waals surface area contributed by atoms with Crippen LogP contribution in [0.4, 0.5) is 29.2 Å². The summed E-state index contributed by atoms with van der Waals surface area (Å²) in [6, 6.07) is 5.49. The summed E-state index contributed by atoms with van der Waals surface area (Å²) < 4.78 is 55.2. The summed E-state index contributed by atoms with van der Waals surface area (Å²) in [4.78, 5) is 43.9. The van der Waals surface area contributed by atoms with Crippen molar-refractivity contribution in [1.29, 1.82) is 0 Å². The van der Waals surface area contributed by atoms with E-state index in [1.165, 1.54) is 34.9 Å². The summed E-state index contributed by atoms with van der Waals surface area (Å²) in [6.07, 6.45) is 0.458. The maximum Gasteiger partial charge on any atom is 0.434 e. The van der Waals surface area contributed by atoms with Gasteiger partial charge in [-0.05, 0) is 49.3 Å². The Labute approximate surface area is 229 Å². The third-order valence-corrected chi connectivity index (χ3v) is 7.69. The average molecular weight is 567 g/mol. The van der Waals surface area contributed by atoms with E-state index in [9.17, 15) is 27.2 Å². The quantitative estimate of drug-likeness (QED) is 0.240. The van der Waals surface area contributed by atoms with Crippen molar-refractivity contribution in [3.63, 3.8) is 0 Å². The number of aromatic nitrogens is 5. The highest BCUT2D eigenvalue weighted by Crippen LogP contribution is 2.54. The van der Waals surface area contributed by atoms with Crippen LogP contribution in [0.2, 0.25) is 0 Å². The Bertz CT molecular complexity index is 1750. The molecule has 4 N–H and O–H groups in total. The number of benzene rings is 1. The van der Waals surface area contributed by atoms with Gasteiger partial charge in [0.25, 0.3) is 0 Å². The van der Waals surface area contributed by atoms with E-state index in [2.05, 4.69) is 30.6 Å². The fraction of sp³-hybridized carbons (Fsp3) is 0.333. The topological polar surface area (TPSA) is 140 Å². The zero-order valence-corrected chi connectivity index (χ0v) is 21.3. The van der Waals surface area contributed by atoms with Gasteiger partial charge >= 0.3 is 6.18 Å². The van der Waals surface area contributed by atoms with E-state index in [0.717, 1.165) is 19.0 Å². The zero-order valence-electron chi connectivity index (χ0n) is 21.3. The summed E-state index contributed by atoms with van der Waals surface area (Å²) >= 11 is 0. The number of nitrogens with two attached hydrogens (primary N) is 1. The lowest BCUT2D eigenvalue weighted by atomic mass is 9.76. The molecule has 3 aromatic heterocycles. The van der Waals surface area contributed by atoms with E-state index in [1.54, 1.807) is 0 Å². The molecule has 0 spiro atoms. The molecule has 4 heterocycles. The number of nitrogens with one attached hydrogen (secondary N) is 2. The predicted octanol–water partition coefficient (Wildman–Crippen LogP) is 3.40. The monoisotopic (exact) mass is 566 g/mol. The van der Waals surface area contributed by atoms with Gasteiger partial charge in [0.15, 0.2) is 22.6 Å².